The molecule has 0 aliphatic rings. The van der Waals surface area contributed by atoms with Crippen molar-refractivity contribution >= 4 is 11.1 Å². The van der Waals surface area contributed by atoms with Gasteiger partial charge in [0.25, 0.3) is 0 Å². The van der Waals surface area contributed by atoms with Gasteiger partial charge in [0, 0.05) is 12.5 Å². The molecule has 0 aliphatic carbocycles. The molecule has 74 valence electrons. The molecule has 0 radical (unpaired) electrons. The highest BCUT2D eigenvalue weighted by Gasteiger charge is 2.08. The summed E-state index contributed by atoms with van der Waals surface area (Å²) in [7, 11) is 0. The van der Waals surface area contributed by atoms with Crippen LogP contribution in [0.1, 0.15) is 31.2 Å². The maximum absolute atomic E-state index is 5.61. The number of oxazole rings is 1. The van der Waals surface area contributed by atoms with E-state index in [1.165, 1.54) is 0 Å². The average molecular weight is 190 g/mol. The number of hydrogen-bond donors (Lipinski definition) is 1. The molecule has 0 bridgehead atoms. The van der Waals surface area contributed by atoms with Crippen LogP contribution in [0, 0.1) is 0 Å². The van der Waals surface area contributed by atoms with Crippen LogP contribution >= 0.6 is 0 Å². The van der Waals surface area contributed by atoms with E-state index in [2.05, 4.69) is 18.8 Å². The van der Waals surface area contributed by atoms with Crippen LogP contribution in [0.3, 0.4) is 0 Å². The molecular formula is C11H14N2O. The summed E-state index contributed by atoms with van der Waals surface area (Å²) in [5, 5.41) is 0. The number of fused-ring (bicyclic) bond motifs is 1. The highest BCUT2D eigenvalue weighted by Crippen LogP contribution is 2.21. The molecule has 3 heteroatoms. The molecule has 0 spiro atoms. The van der Waals surface area contributed by atoms with Gasteiger partial charge in [-0.3, -0.25) is 0 Å². The van der Waals surface area contributed by atoms with E-state index in [9.17, 15) is 0 Å². The summed E-state index contributed by atoms with van der Waals surface area (Å²) in [6.07, 6.45) is 0. The number of nitrogens with zero attached hydrogens (tertiary/aromatic N) is 1. The minimum atomic E-state index is 0.323. The largest absolute Gasteiger partial charge is 0.440 e. The van der Waals surface area contributed by atoms with E-state index in [1.54, 1.807) is 0 Å². The summed E-state index contributed by atoms with van der Waals surface area (Å²) in [4.78, 5) is 4.38. The van der Waals surface area contributed by atoms with Gasteiger partial charge in [0.1, 0.15) is 5.52 Å². The maximum atomic E-state index is 5.61. The fourth-order valence-electron chi connectivity index (χ4n) is 1.36. The Labute approximate surface area is 82.9 Å². The van der Waals surface area contributed by atoms with Gasteiger partial charge in [-0.2, -0.15) is 0 Å². The summed E-state index contributed by atoms with van der Waals surface area (Å²) < 4.78 is 5.61. The highest BCUT2D eigenvalue weighted by atomic mass is 16.3. The Morgan fingerprint density at radius 2 is 2.21 bits per heavy atom. The first-order valence-electron chi connectivity index (χ1n) is 4.80. The van der Waals surface area contributed by atoms with E-state index >= 15 is 0 Å². The van der Waals surface area contributed by atoms with Crippen molar-refractivity contribution in [2.24, 2.45) is 5.73 Å². The lowest BCUT2D eigenvalue weighted by Crippen LogP contribution is -1.94. The molecule has 0 atom stereocenters. The fourth-order valence-corrected chi connectivity index (χ4v) is 1.36. The number of hydrogen-bond acceptors (Lipinski definition) is 3. The topological polar surface area (TPSA) is 52.0 Å². The monoisotopic (exact) mass is 190 g/mol. The third kappa shape index (κ3) is 1.51. The second-order valence-corrected chi connectivity index (χ2v) is 3.71. The van der Waals surface area contributed by atoms with Gasteiger partial charge < -0.3 is 10.2 Å². The zero-order valence-electron chi connectivity index (χ0n) is 8.45. The van der Waals surface area contributed by atoms with Crippen LogP contribution < -0.4 is 5.73 Å². The van der Waals surface area contributed by atoms with Crippen molar-refractivity contribution in [2.45, 2.75) is 26.3 Å². The molecule has 2 aromatic rings. The second-order valence-electron chi connectivity index (χ2n) is 3.71. The van der Waals surface area contributed by atoms with E-state index in [0.29, 0.717) is 12.5 Å². The Bertz CT molecular complexity index is 445. The molecule has 0 fully saturated rings. The first-order chi connectivity index (χ1) is 6.70. The molecular weight excluding hydrogens is 176 g/mol. The van der Waals surface area contributed by atoms with Crippen molar-refractivity contribution in [2.75, 3.05) is 0 Å². The number of nitrogens with two attached hydrogens (primary N) is 1. The van der Waals surface area contributed by atoms with Gasteiger partial charge in [-0.05, 0) is 17.7 Å². The van der Waals surface area contributed by atoms with Crippen LogP contribution in [0.2, 0.25) is 0 Å². The Balaban J connectivity index is 2.54. The van der Waals surface area contributed by atoms with E-state index in [4.69, 9.17) is 10.2 Å². The molecule has 1 aromatic heterocycles. The zero-order chi connectivity index (χ0) is 10.1. The zero-order valence-corrected chi connectivity index (χ0v) is 8.45. The van der Waals surface area contributed by atoms with Crippen LogP contribution in [0.25, 0.3) is 11.1 Å². The van der Waals surface area contributed by atoms with E-state index in [-0.39, 0.29) is 0 Å². The van der Waals surface area contributed by atoms with Crippen molar-refractivity contribution in [3.63, 3.8) is 0 Å². The van der Waals surface area contributed by atoms with Crippen molar-refractivity contribution in [1.29, 1.82) is 0 Å². The summed E-state index contributed by atoms with van der Waals surface area (Å²) in [6, 6.07) is 5.88. The normalized spacial score (nSPS) is 11.4. The van der Waals surface area contributed by atoms with Crippen LogP contribution in [-0.2, 0) is 6.54 Å². The van der Waals surface area contributed by atoms with Crippen molar-refractivity contribution in [1.82, 2.24) is 4.98 Å². The molecule has 2 rings (SSSR count). The van der Waals surface area contributed by atoms with E-state index in [1.807, 2.05) is 18.2 Å². The van der Waals surface area contributed by atoms with Gasteiger partial charge >= 0.3 is 0 Å². The van der Waals surface area contributed by atoms with Gasteiger partial charge in [-0.25, -0.2) is 4.98 Å². The van der Waals surface area contributed by atoms with E-state index in [0.717, 1.165) is 22.6 Å². The van der Waals surface area contributed by atoms with Crippen LogP contribution in [0.15, 0.2) is 22.6 Å². The summed E-state index contributed by atoms with van der Waals surface area (Å²) in [6.45, 7) is 4.66. The number of benzene rings is 1. The smallest absolute Gasteiger partial charge is 0.198 e. The lowest BCUT2D eigenvalue weighted by Gasteiger charge is -1.94. The predicted molar refractivity (Wildman–Crippen MR) is 56.0 cm³/mol. The Hall–Kier alpha value is -1.35. The number of rotatable bonds is 2. The second kappa shape index (κ2) is 3.42. The molecule has 14 heavy (non-hydrogen) atoms. The molecule has 1 heterocycles. The third-order valence-electron chi connectivity index (χ3n) is 2.20. The van der Waals surface area contributed by atoms with Gasteiger partial charge in [-0.1, -0.05) is 19.9 Å². The molecule has 1 aromatic carbocycles. The van der Waals surface area contributed by atoms with Crippen LogP contribution in [-0.4, -0.2) is 4.98 Å². The first-order valence-corrected chi connectivity index (χ1v) is 4.80. The molecule has 3 nitrogen and oxygen atoms in total. The first kappa shape index (κ1) is 9.21. The van der Waals surface area contributed by atoms with Crippen LogP contribution in [0.5, 0.6) is 0 Å². The SMILES string of the molecule is CC(C)c1nc2ccc(CN)cc2o1. The third-order valence-corrected chi connectivity index (χ3v) is 2.20. The molecule has 0 saturated heterocycles. The van der Waals surface area contributed by atoms with Gasteiger partial charge in [0.05, 0.1) is 0 Å². The van der Waals surface area contributed by atoms with Gasteiger partial charge in [0.15, 0.2) is 11.5 Å². The highest BCUT2D eigenvalue weighted by molar-refractivity contribution is 5.73. The molecule has 0 amide bonds. The summed E-state index contributed by atoms with van der Waals surface area (Å²) >= 11 is 0. The lowest BCUT2D eigenvalue weighted by atomic mass is 10.2. The molecule has 0 saturated carbocycles. The quantitative estimate of drug-likeness (QED) is 0.791. The Kier molecular flexibility index (Phi) is 2.25. The molecule has 0 unspecified atom stereocenters. The Morgan fingerprint density at radius 1 is 1.43 bits per heavy atom. The van der Waals surface area contributed by atoms with Gasteiger partial charge in [0.2, 0.25) is 0 Å². The van der Waals surface area contributed by atoms with Gasteiger partial charge in [-0.15, -0.1) is 0 Å². The van der Waals surface area contributed by atoms with Crippen molar-refractivity contribution in [3.8, 4) is 0 Å². The standard InChI is InChI=1S/C11H14N2O/c1-7(2)11-13-9-4-3-8(6-12)5-10(9)14-11/h3-5,7H,6,12H2,1-2H3. The van der Waals surface area contributed by atoms with Crippen molar-refractivity contribution < 1.29 is 4.42 Å². The maximum Gasteiger partial charge on any atom is 0.198 e. The fraction of sp³-hybridized carbons (Fsp3) is 0.364. The predicted octanol–water partition coefficient (Wildman–Crippen LogP) is 2.41. The minimum absolute atomic E-state index is 0.323. The molecule has 0 aliphatic heterocycles. The summed E-state index contributed by atoms with van der Waals surface area (Å²) in [5.41, 5.74) is 8.36. The van der Waals surface area contributed by atoms with Crippen molar-refractivity contribution in [3.05, 3.63) is 29.7 Å². The summed E-state index contributed by atoms with van der Waals surface area (Å²) in [5.74, 6) is 1.11. The van der Waals surface area contributed by atoms with Crippen LogP contribution in [0.4, 0.5) is 0 Å². The lowest BCUT2D eigenvalue weighted by molar-refractivity contribution is 0.501. The minimum Gasteiger partial charge on any atom is -0.440 e. The Morgan fingerprint density at radius 3 is 2.86 bits per heavy atom. The number of aromatic nitrogens is 1. The average Bonchev–Trinajstić information content (AvgIpc) is 2.59. The van der Waals surface area contributed by atoms with E-state index < -0.39 is 0 Å². The molecule has 2 N–H and O–H groups in total.